The van der Waals surface area contributed by atoms with Gasteiger partial charge in [0.15, 0.2) is 5.13 Å². The fourth-order valence-electron chi connectivity index (χ4n) is 3.35. The van der Waals surface area contributed by atoms with Gasteiger partial charge in [-0.2, -0.15) is 0 Å². The van der Waals surface area contributed by atoms with Crippen LogP contribution in [0.5, 0.6) is 0 Å². The van der Waals surface area contributed by atoms with Crippen LogP contribution in [-0.2, 0) is 0 Å². The standard InChI is InChI=1S/C13H21N3S/c1-2-5-12(16-13-15-8-9-17-13)10(4-1)11-6-3-7-14-11/h8-12,14H,1-7H2,(H,15,16). The molecule has 94 valence electrons. The van der Waals surface area contributed by atoms with E-state index < -0.39 is 0 Å². The summed E-state index contributed by atoms with van der Waals surface area (Å²) in [7, 11) is 0. The van der Waals surface area contributed by atoms with E-state index in [4.69, 9.17) is 0 Å². The smallest absolute Gasteiger partial charge is 0.182 e. The molecule has 3 rings (SSSR count). The SMILES string of the molecule is c1csc(NC2CCCCC2C2CCCN2)n1. The fraction of sp³-hybridized carbons (Fsp3) is 0.769. The summed E-state index contributed by atoms with van der Waals surface area (Å²) in [6.07, 6.45) is 10.1. The Hall–Kier alpha value is -0.610. The summed E-state index contributed by atoms with van der Waals surface area (Å²) in [5.74, 6) is 0.801. The van der Waals surface area contributed by atoms with Crippen LogP contribution in [0.25, 0.3) is 0 Å². The van der Waals surface area contributed by atoms with E-state index in [9.17, 15) is 0 Å². The molecule has 1 saturated carbocycles. The maximum Gasteiger partial charge on any atom is 0.182 e. The molecule has 17 heavy (non-hydrogen) atoms. The van der Waals surface area contributed by atoms with E-state index in [1.165, 1.54) is 45.1 Å². The van der Waals surface area contributed by atoms with Gasteiger partial charge in [-0.1, -0.05) is 12.8 Å². The van der Waals surface area contributed by atoms with E-state index in [0.717, 1.165) is 17.1 Å². The minimum atomic E-state index is 0.630. The van der Waals surface area contributed by atoms with Crippen molar-refractivity contribution >= 4 is 16.5 Å². The number of anilines is 1. The van der Waals surface area contributed by atoms with Crippen molar-refractivity contribution in [2.24, 2.45) is 5.92 Å². The molecule has 0 spiro atoms. The Labute approximate surface area is 107 Å². The predicted octanol–water partition coefficient (Wildman–Crippen LogP) is 2.87. The van der Waals surface area contributed by atoms with Gasteiger partial charge in [-0.05, 0) is 38.1 Å². The summed E-state index contributed by atoms with van der Waals surface area (Å²) in [4.78, 5) is 4.36. The van der Waals surface area contributed by atoms with Gasteiger partial charge < -0.3 is 10.6 Å². The third-order valence-corrected chi connectivity index (χ3v) is 4.88. The second-order valence-corrected chi connectivity index (χ2v) is 6.13. The third kappa shape index (κ3) is 2.63. The van der Waals surface area contributed by atoms with E-state index in [-0.39, 0.29) is 0 Å². The number of nitrogens with zero attached hydrogens (tertiary/aromatic N) is 1. The highest BCUT2D eigenvalue weighted by atomic mass is 32.1. The predicted molar refractivity (Wildman–Crippen MR) is 72.5 cm³/mol. The van der Waals surface area contributed by atoms with Gasteiger partial charge in [0.25, 0.3) is 0 Å². The zero-order valence-electron chi connectivity index (χ0n) is 10.2. The Morgan fingerprint density at radius 3 is 2.94 bits per heavy atom. The van der Waals surface area contributed by atoms with Crippen LogP contribution >= 0.6 is 11.3 Å². The zero-order valence-corrected chi connectivity index (χ0v) is 11.0. The average molecular weight is 251 g/mol. The molecule has 3 unspecified atom stereocenters. The molecule has 1 aromatic heterocycles. The first-order chi connectivity index (χ1) is 8.43. The number of hydrogen-bond acceptors (Lipinski definition) is 4. The average Bonchev–Trinajstić information content (AvgIpc) is 3.01. The number of aromatic nitrogens is 1. The minimum absolute atomic E-state index is 0.630. The molecule has 0 amide bonds. The Kier molecular flexibility index (Phi) is 3.62. The summed E-state index contributed by atoms with van der Waals surface area (Å²) >= 11 is 1.72. The lowest BCUT2D eigenvalue weighted by atomic mass is 9.79. The van der Waals surface area contributed by atoms with Crippen molar-refractivity contribution in [2.75, 3.05) is 11.9 Å². The van der Waals surface area contributed by atoms with Crippen molar-refractivity contribution in [1.29, 1.82) is 0 Å². The molecule has 4 heteroatoms. The Bertz CT molecular complexity index is 332. The van der Waals surface area contributed by atoms with Gasteiger partial charge in [-0.25, -0.2) is 4.98 Å². The Morgan fingerprint density at radius 2 is 2.18 bits per heavy atom. The molecule has 2 aliphatic rings. The molecule has 2 fully saturated rings. The first-order valence-electron chi connectivity index (χ1n) is 6.83. The first kappa shape index (κ1) is 11.5. The van der Waals surface area contributed by atoms with Gasteiger partial charge in [0.1, 0.15) is 0 Å². The molecule has 2 N–H and O–H groups in total. The summed E-state index contributed by atoms with van der Waals surface area (Å²) < 4.78 is 0. The summed E-state index contributed by atoms with van der Waals surface area (Å²) in [5, 5.41) is 10.5. The molecule has 1 aliphatic carbocycles. The molecule has 1 aliphatic heterocycles. The largest absolute Gasteiger partial charge is 0.358 e. The molecule has 1 aromatic rings. The molecular weight excluding hydrogens is 230 g/mol. The molecule has 2 heterocycles. The number of hydrogen-bond donors (Lipinski definition) is 2. The molecular formula is C13H21N3S. The minimum Gasteiger partial charge on any atom is -0.358 e. The summed E-state index contributed by atoms with van der Waals surface area (Å²) in [6, 6.07) is 1.37. The van der Waals surface area contributed by atoms with Crippen LogP contribution < -0.4 is 10.6 Å². The number of thiazole rings is 1. The summed E-state index contributed by atoms with van der Waals surface area (Å²) in [6.45, 7) is 1.21. The van der Waals surface area contributed by atoms with Crippen LogP contribution in [0.1, 0.15) is 38.5 Å². The van der Waals surface area contributed by atoms with Gasteiger partial charge >= 0.3 is 0 Å². The van der Waals surface area contributed by atoms with Crippen LogP contribution in [0.15, 0.2) is 11.6 Å². The normalized spacial score (nSPS) is 33.8. The highest BCUT2D eigenvalue weighted by molar-refractivity contribution is 7.13. The molecule has 3 nitrogen and oxygen atoms in total. The van der Waals surface area contributed by atoms with Crippen LogP contribution in [0.4, 0.5) is 5.13 Å². The lowest BCUT2D eigenvalue weighted by Crippen LogP contribution is -2.43. The lowest BCUT2D eigenvalue weighted by molar-refractivity contribution is 0.262. The molecule has 1 saturated heterocycles. The molecule has 0 bridgehead atoms. The first-order valence-corrected chi connectivity index (χ1v) is 7.71. The quantitative estimate of drug-likeness (QED) is 0.867. The van der Waals surface area contributed by atoms with Gasteiger partial charge in [0, 0.05) is 23.7 Å². The van der Waals surface area contributed by atoms with E-state index in [2.05, 4.69) is 15.6 Å². The monoisotopic (exact) mass is 251 g/mol. The van der Waals surface area contributed by atoms with Crippen LogP contribution in [0, 0.1) is 5.92 Å². The third-order valence-electron chi connectivity index (χ3n) is 4.18. The van der Waals surface area contributed by atoms with Crippen molar-refractivity contribution in [2.45, 2.75) is 50.6 Å². The van der Waals surface area contributed by atoms with Gasteiger partial charge in [0.05, 0.1) is 0 Å². The second-order valence-electron chi connectivity index (χ2n) is 5.24. The van der Waals surface area contributed by atoms with Crippen LogP contribution in [0.2, 0.25) is 0 Å². The number of nitrogens with one attached hydrogen (secondary N) is 2. The highest BCUT2D eigenvalue weighted by Crippen LogP contribution is 2.32. The topological polar surface area (TPSA) is 37.0 Å². The van der Waals surface area contributed by atoms with Crippen molar-refractivity contribution in [1.82, 2.24) is 10.3 Å². The maximum atomic E-state index is 4.36. The van der Waals surface area contributed by atoms with Gasteiger partial charge in [-0.15, -0.1) is 11.3 Å². The summed E-state index contributed by atoms with van der Waals surface area (Å²) in [5.41, 5.74) is 0. The van der Waals surface area contributed by atoms with Crippen molar-refractivity contribution in [3.05, 3.63) is 11.6 Å². The zero-order chi connectivity index (χ0) is 11.5. The molecule has 0 aromatic carbocycles. The van der Waals surface area contributed by atoms with Crippen LogP contribution in [0.3, 0.4) is 0 Å². The van der Waals surface area contributed by atoms with Crippen LogP contribution in [-0.4, -0.2) is 23.6 Å². The highest BCUT2D eigenvalue weighted by Gasteiger charge is 2.33. The lowest BCUT2D eigenvalue weighted by Gasteiger charge is -2.36. The molecule has 3 atom stereocenters. The Balaban J connectivity index is 1.66. The maximum absolute atomic E-state index is 4.36. The van der Waals surface area contributed by atoms with E-state index in [1.807, 2.05) is 11.6 Å². The molecule has 0 radical (unpaired) electrons. The van der Waals surface area contributed by atoms with E-state index >= 15 is 0 Å². The van der Waals surface area contributed by atoms with Crippen molar-refractivity contribution < 1.29 is 0 Å². The van der Waals surface area contributed by atoms with E-state index in [0.29, 0.717) is 6.04 Å². The number of rotatable bonds is 3. The van der Waals surface area contributed by atoms with Gasteiger partial charge in [-0.3, -0.25) is 0 Å². The van der Waals surface area contributed by atoms with Crippen molar-refractivity contribution in [3.63, 3.8) is 0 Å². The van der Waals surface area contributed by atoms with Crippen molar-refractivity contribution in [3.8, 4) is 0 Å². The second kappa shape index (κ2) is 5.36. The fourth-order valence-corrected chi connectivity index (χ4v) is 3.94. The van der Waals surface area contributed by atoms with Gasteiger partial charge in [0.2, 0.25) is 0 Å². The Morgan fingerprint density at radius 1 is 1.24 bits per heavy atom. The van der Waals surface area contributed by atoms with E-state index in [1.54, 1.807) is 11.3 Å².